The molecule has 18 heavy (non-hydrogen) atoms. The smallest absolute Gasteiger partial charge is 0.283 e. The molecule has 0 aromatic heterocycles. The first-order valence-corrected chi connectivity index (χ1v) is 8.62. The molecule has 10 heteroatoms. The number of hydrogen-bond acceptors (Lipinski definition) is 5. The van der Waals surface area contributed by atoms with Gasteiger partial charge in [0.15, 0.2) is 0 Å². The number of alkyl halides is 2. The molecule has 1 aliphatic heterocycles. The molecule has 6 nitrogen and oxygen atoms in total. The Balaban J connectivity index is 2.61. The molecular weight excluding hydrogens is 292 g/mol. The van der Waals surface area contributed by atoms with Gasteiger partial charge in [-0.1, -0.05) is 0 Å². The molecule has 1 saturated heterocycles. The first-order chi connectivity index (χ1) is 8.08. The van der Waals surface area contributed by atoms with E-state index in [4.69, 9.17) is 5.11 Å². The van der Waals surface area contributed by atoms with Gasteiger partial charge in [0, 0.05) is 0 Å². The Morgan fingerprint density at radius 1 is 1.28 bits per heavy atom. The topological polar surface area (TPSA) is 101 Å². The molecule has 0 unspecified atom stereocenters. The molecule has 1 rings (SSSR count). The summed E-state index contributed by atoms with van der Waals surface area (Å²) < 4.78 is 72.6. The lowest BCUT2D eigenvalue weighted by molar-refractivity contribution is -0.0437. The van der Waals surface area contributed by atoms with Crippen molar-refractivity contribution in [3.63, 3.8) is 0 Å². The summed E-state index contributed by atoms with van der Waals surface area (Å²) in [4.78, 5) is 0. The molecular formula is C8H15F2NO5S2. The zero-order valence-corrected chi connectivity index (χ0v) is 11.1. The van der Waals surface area contributed by atoms with Crippen LogP contribution in [0.25, 0.3) is 0 Å². The van der Waals surface area contributed by atoms with Crippen LogP contribution >= 0.6 is 0 Å². The lowest BCUT2D eigenvalue weighted by atomic mass is 10.2. The van der Waals surface area contributed by atoms with E-state index in [2.05, 4.69) is 0 Å². The quantitative estimate of drug-likeness (QED) is 0.686. The number of nitrogens with one attached hydrogen (secondary N) is 1. The van der Waals surface area contributed by atoms with Crippen LogP contribution in [0.2, 0.25) is 0 Å². The van der Waals surface area contributed by atoms with E-state index in [-0.39, 0.29) is 24.3 Å². The van der Waals surface area contributed by atoms with Crippen LogP contribution in [-0.4, -0.2) is 57.8 Å². The molecule has 1 aliphatic rings. The van der Waals surface area contributed by atoms with Crippen LogP contribution in [0, 0.1) is 0 Å². The van der Waals surface area contributed by atoms with E-state index in [0.717, 1.165) is 0 Å². The highest BCUT2D eigenvalue weighted by Gasteiger charge is 2.35. The Morgan fingerprint density at radius 3 is 2.22 bits per heavy atom. The second-order valence-electron chi connectivity index (χ2n) is 4.23. The van der Waals surface area contributed by atoms with Gasteiger partial charge in [-0.3, -0.25) is 0 Å². The lowest BCUT2D eigenvalue weighted by Crippen LogP contribution is -2.45. The van der Waals surface area contributed by atoms with Gasteiger partial charge in [-0.25, -0.2) is 30.3 Å². The van der Waals surface area contributed by atoms with E-state index in [9.17, 15) is 25.6 Å². The van der Waals surface area contributed by atoms with Gasteiger partial charge in [-0.2, -0.15) is 0 Å². The zero-order valence-electron chi connectivity index (χ0n) is 9.47. The molecule has 0 atom stereocenters. The molecule has 0 aromatic carbocycles. The average molecular weight is 307 g/mol. The minimum Gasteiger partial charge on any atom is -0.390 e. The summed E-state index contributed by atoms with van der Waals surface area (Å²) in [7, 11) is -7.19. The fourth-order valence-corrected chi connectivity index (χ4v) is 4.85. The van der Waals surface area contributed by atoms with Gasteiger partial charge < -0.3 is 5.11 Å². The largest absolute Gasteiger partial charge is 0.390 e. The van der Waals surface area contributed by atoms with Crippen molar-refractivity contribution in [1.82, 2.24) is 4.72 Å². The first kappa shape index (κ1) is 15.7. The maximum Gasteiger partial charge on any atom is 0.283 e. The van der Waals surface area contributed by atoms with Crippen LogP contribution in [0.4, 0.5) is 8.78 Å². The summed E-state index contributed by atoms with van der Waals surface area (Å²) in [6.45, 7) is -2.64. The van der Waals surface area contributed by atoms with Crippen molar-refractivity contribution in [3.8, 4) is 0 Å². The van der Waals surface area contributed by atoms with E-state index in [1.807, 2.05) is 0 Å². The highest BCUT2D eigenvalue weighted by atomic mass is 32.2. The second kappa shape index (κ2) is 5.35. The van der Waals surface area contributed by atoms with Crippen molar-refractivity contribution in [2.75, 3.05) is 24.7 Å². The predicted molar refractivity (Wildman–Crippen MR) is 60.6 cm³/mol. The van der Waals surface area contributed by atoms with E-state index in [1.54, 1.807) is 4.72 Å². The third kappa shape index (κ3) is 4.41. The Kier molecular flexibility index (Phi) is 4.68. The molecule has 2 N–H and O–H groups in total. The number of halogens is 2. The third-order valence-corrected chi connectivity index (χ3v) is 6.32. The van der Waals surface area contributed by atoms with Gasteiger partial charge >= 0.3 is 0 Å². The minimum atomic E-state index is -3.98. The van der Waals surface area contributed by atoms with Crippen molar-refractivity contribution in [3.05, 3.63) is 0 Å². The van der Waals surface area contributed by atoms with Crippen LogP contribution in [0.15, 0.2) is 0 Å². The highest BCUT2D eigenvalue weighted by Crippen LogP contribution is 2.19. The molecule has 0 aliphatic carbocycles. The van der Waals surface area contributed by atoms with Crippen LogP contribution < -0.4 is 4.72 Å². The van der Waals surface area contributed by atoms with Crippen molar-refractivity contribution in [2.24, 2.45) is 0 Å². The van der Waals surface area contributed by atoms with E-state index in [0.29, 0.717) is 0 Å². The van der Waals surface area contributed by atoms with Crippen molar-refractivity contribution >= 4 is 19.9 Å². The Morgan fingerprint density at radius 2 is 1.78 bits per heavy atom. The number of aliphatic hydroxyl groups excluding tert-OH is 1. The molecule has 0 spiro atoms. The number of aliphatic hydroxyl groups is 1. The average Bonchev–Trinajstić information content (AvgIpc) is 2.26. The van der Waals surface area contributed by atoms with Crippen molar-refractivity contribution in [1.29, 1.82) is 0 Å². The van der Waals surface area contributed by atoms with Crippen molar-refractivity contribution in [2.45, 2.75) is 24.0 Å². The lowest BCUT2D eigenvalue weighted by Gasteiger charge is -2.23. The zero-order chi connectivity index (χ0) is 14.0. The van der Waals surface area contributed by atoms with Crippen LogP contribution in [0.1, 0.15) is 12.8 Å². The summed E-state index contributed by atoms with van der Waals surface area (Å²) in [6, 6.07) is 0. The number of hydrogen-bond donors (Lipinski definition) is 2. The summed E-state index contributed by atoms with van der Waals surface area (Å²) in [6.07, 6.45) is -0.190. The van der Waals surface area contributed by atoms with Gasteiger partial charge in [0.2, 0.25) is 10.0 Å². The SMILES string of the molecule is O=S1(=O)CCC(S(=O)(=O)NCC(F)(F)CO)CC1. The summed E-state index contributed by atoms with van der Waals surface area (Å²) in [5.41, 5.74) is 0. The van der Waals surface area contributed by atoms with Gasteiger partial charge in [0.25, 0.3) is 5.92 Å². The second-order valence-corrected chi connectivity index (χ2v) is 8.58. The maximum absolute atomic E-state index is 12.7. The fraction of sp³-hybridized carbons (Fsp3) is 1.00. The first-order valence-electron chi connectivity index (χ1n) is 5.26. The van der Waals surface area contributed by atoms with E-state index >= 15 is 0 Å². The Labute approximate surface area is 104 Å². The van der Waals surface area contributed by atoms with Gasteiger partial charge in [0.05, 0.1) is 23.3 Å². The normalized spacial score (nSPS) is 21.9. The Bertz CT molecular complexity index is 474. The predicted octanol–water partition coefficient (Wildman–Crippen LogP) is -0.889. The number of sulfone groups is 1. The van der Waals surface area contributed by atoms with Crippen LogP contribution in [0.3, 0.4) is 0 Å². The van der Waals surface area contributed by atoms with E-state index < -0.39 is 44.2 Å². The third-order valence-electron chi connectivity index (χ3n) is 2.70. The summed E-state index contributed by atoms with van der Waals surface area (Å²) >= 11 is 0. The molecule has 0 amide bonds. The monoisotopic (exact) mass is 307 g/mol. The standard InChI is InChI=1S/C8H15F2NO5S2/c9-8(10,6-12)5-11-18(15,16)7-1-3-17(13,14)4-2-7/h7,11-12H,1-6H2. The molecule has 0 radical (unpaired) electrons. The van der Waals surface area contributed by atoms with Gasteiger partial charge in [0.1, 0.15) is 16.4 Å². The molecule has 0 aromatic rings. The van der Waals surface area contributed by atoms with Crippen LogP contribution in [-0.2, 0) is 19.9 Å². The van der Waals surface area contributed by atoms with Gasteiger partial charge in [-0.15, -0.1) is 0 Å². The van der Waals surface area contributed by atoms with Gasteiger partial charge in [-0.05, 0) is 12.8 Å². The minimum absolute atomic E-state index is 0.0949. The molecule has 0 bridgehead atoms. The fourth-order valence-electron chi connectivity index (χ4n) is 1.56. The molecule has 0 saturated carbocycles. The number of rotatable bonds is 5. The summed E-state index contributed by atoms with van der Waals surface area (Å²) in [5, 5.41) is 7.33. The molecule has 1 fully saturated rings. The molecule has 1 heterocycles. The molecule has 108 valence electrons. The maximum atomic E-state index is 12.7. The Hall–Kier alpha value is -0.320. The van der Waals surface area contributed by atoms with Crippen molar-refractivity contribution < 1.29 is 30.7 Å². The van der Waals surface area contributed by atoms with Crippen LogP contribution in [0.5, 0.6) is 0 Å². The van der Waals surface area contributed by atoms with E-state index in [1.165, 1.54) is 0 Å². The number of sulfonamides is 1. The highest BCUT2D eigenvalue weighted by molar-refractivity contribution is 7.92. The summed E-state index contributed by atoms with van der Waals surface area (Å²) in [5.74, 6) is -4.03.